The van der Waals surface area contributed by atoms with Crippen LogP contribution in [0, 0.1) is 5.92 Å². The fraction of sp³-hybridized carbons (Fsp3) is 0.900. The summed E-state index contributed by atoms with van der Waals surface area (Å²) in [6, 6.07) is 0.713. The van der Waals surface area contributed by atoms with Crippen LogP contribution in [0.15, 0.2) is 5.10 Å². The van der Waals surface area contributed by atoms with E-state index in [-0.39, 0.29) is 11.8 Å². The summed E-state index contributed by atoms with van der Waals surface area (Å²) in [5.41, 5.74) is 3.23. The van der Waals surface area contributed by atoms with Crippen molar-refractivity contribution in [1.82, 2.24) is 10.7 Å². The third-order valence-electron chi connectivity index (χ3n) is 3.63. The highest BCUT2D eigenvalue weighted by Crippen LogP contribution is 2.44. The van der Waals surface area contributed by atoms with E-state index in [9.17, 15) is 0 Å². The van der Waals surface area contributed by atoms with Gasteiger partial charge in [-0.1, -0.05) is 6.92 Å². The molecule has 4 aliphatic rings. The Morgan fingerprint density at radius 1 is 1.50 bits per heavy atom. The molecule has 2 saturated heterocycles. The highest BCUT2D eigenvalue weighted by atomic mass is 16.5. The molecule has 3 fully saturated rings. The maximum Gasteiger partial charge on any atom is 0.205 e. The van der Waals surface area contributed by atoms with E-state index in [1.807, 2.05) is 6.92 Å². The van der Waals surface area contributed by atoms with Crippen molar-refractivity contribution in [1.29, 1.82) is 0 Å². The second-order valence-corrected chi connectivity index (χ2v) is 5.00. The Kier molecular flexibility index (Phi) is 1.60. The number of hydrogen-bond donors (Lipinski definition) is 2. The minimum absolute atomic E-state index is 0.0569. The Balaban J connectivity index is 1.73. The van der Waals surface area contributed by atoms with Crippen molar-refractivity contribution in [3.63, 3.8) is 0 Å². The summed E-state index contributed by atoms with van der Waals surface area (Å²) in [5, 5.41) is 7.72. The topological polar surface area (TPSA) is 45.7 Å². The Labute approximate surface area is 84.1 Å². The highest BCUT2D eigenvalue weighted by molar-refractivity contribution is 5.74. The van der Waals surface area contributed by atoms with Crippen molar-refractivity contribution in [3.8, 4) is 0 Å². The summed E-state index contributed by atoms with van der Waals surface area (Å²) in [7, 11) is 0. The van der Waals surface area contributed by atoms with Gasteiger partial charge in [-0.3, -0.25) is 5.43 Å². The highest BCUT2D eigenvalue weighted by Gasteiger charge is 2.55. The number of ether oxygens (including phenoxy) is 1. The monoisotopic (exact) mass is 195 g/mol. The molecule has 4 nitrogen and oxygen atoms in total. The molecule has 4 unspecified atom stereocenters. The van der Waals surface area contributed by atoms with Gasteiger partial charge in [0.25, 0.3) is 0 Å². The molecular weight excluding hydrogens is 178 g/mol. The first-order valence-corrected chi connectivity index (χ1v) is 5.42. The van der Waals surface area contributed by atoms with Crippen LogP contribution >= 0.6 is 0 Å². The smallest absolute Gasteiger partial charge is 0.205 e. The van der Waals surface area contributed by atoms with Crippen LogP contribution in [0.2, 0.25) is 0 Å². The summed E-state index contributed by atoms with van der Waals surface area (Å²) in [4.78, 5) is 0. The maximum atomic E-state index is 5.67. The molecule has 0 amide bonds. The number of hydrazone groups is 1. The molecule has 4 atom stereocenters. The fourth-order valence-electron chi connectivity index (χ4n) is 3.20. The summed E-state index contributed by atoms with van der Waals surface area (Å²) in [5.74, 6) is 1.56. The van der Waals surface area contributed by atoms with Crippen molar-refractivity contribution in [3.05, 3.63) is 0 Å². The second-order valence-electron chi connectivity index (χ2n) is 5.00. The number of nitrogens with one attached hydrogen (secondary N) is 2. The molecule has 3 heterocycles. The van der Waals surface area contributed by atoms with Gasteiger partial charge in [-0.25, -0.2) is 0 Å². The zero-order chi connectivity index (χ0) is 9.76. The molecule has 0 aromatic heterocycles. The van der Waals surface area contributed by atoms with E-state index >= 15 is 0 Å². The molecule has 1 saturated carbocycles. The van der Waals surface area contributed by atoms with Crippen LogP contribution in [0.25, 0.3) is 0 Å². The van der Waals surface area contributed by atoms with Gasteiger partial charge < -0.3 is 10.1 Å². The lowest BCUT2D eigenvalue weighted by Crippen LogP contribution is -2.74. The largest absolute Gasteiger partial charge is 0.453 e. The molecule has 0 aromatic carbocycles. The Bertz CT molecular complexity index is 283. The summed E-state index contributed by atoms with van der Waals surface area (Å²) in [6.07, 6.45) is 3.80. The van der Waals surface area contributed by atoms with E-state index < -0.39 is 0 Å². The van der Waals surface area contributed by atoms with Crippen molar-refractivity contribution in [2.24, 2.45) is 11.0 Å². The number of rotatable bonds is 1. The van der Waals surface area contributed by atoms with Crippen LogP contribution in [-0.4, -0.2) is 23.7 Å². The Morgan fingerprint density at radius 2 is 2.29 bits per heavy atom. The first-order chi connectivity index (χ1) is 6.68. The maximum absolute atomic E-state index is 5.67. The zero-order valence-corrected chi connectivity index (χ0v) is 8.71. The standard InChI is InChI=1S/C10H17N3O/c1-6-3-8-5-10(4-6,11-8)9-13-12-7(2)14-9/h6,8-9,11,13H,3-5H2,1-2H3. The quantitative estimate of drug-likeness (QED) is 0.650. The SMILES string of the molecule is CC1=NNC(C23CC(C)CC(C2)N3)O1. The lowest BCUT2D eigenvalue weighted by Gasteiger charge is -2.57. The van der Waals surface area contributed by atoms with Gasteiger partial charge >= 0.3 is 0 Å². The molecule has 2 bridgehead atoms. The average Bonchev–Trinajstić information content (AvgIpc) is 2.49. The predicted molar refractivity (Wildman–Crippen MR) is 53.8 cm³/mol. The van der Waals surface area contributed by atoms with Crippen LogP contribution in [-0.2, 0) is 4.74 Å². The second kappa shape index (κ2) is 2.63. The van der Waals surface area contributed by atoms with Crippen molar-refractivity contribution in [2.75, 3.05) is 0 Å². The first kappa shape index (κ1) is 8.53. The van der Waals surface area contributed by atoms with Crippen molar-refractivity contribution < 1.29 is 4.74 Å². The van der Waals surface area contributed by atoms with Gasteiger partial charge in [0.15, 0.2) is 0 Å². The van der Waals surface area contributed by atoms with Gasteiger partial charge in [0.1, 0.15) is 0 Å². The van der Waals surface area contributed by atoms with E-state index in [1.165, 1.54) is 19.3 Å². The van der Waals surface area contributed by atoms with Crippen LogP contribution in [0.3, 0.4) is 0 Å². The van der Waals surface area contributed by atoms with Crippen molar-refractivity contribution >= 4 is 5.90 Å². The molecule has 2 N–H and O–H groups in total. The molecule has 0 spiro atoms. The number of piperidine rings is 1. The number of nitrogens with zero attached hydrogens (tertiary/aromatic N) is 1. The molecule has 78 valence electrons. The Hall–Kier alpha value is -0.770. The van der Waals surface area contributed by atoms with Crippen LogP contribution < -0.4 is 10.7 Å². The van der Waals surface area contributed by atoms with E-state index in [2.05, 4.69) is 22.8 Å². The lowest BCUT2D eigenvalue weighted by molar-refractivity contribution is -0.0576. The minimum Gasteiger partial charge on any atom is -0.453 e. The fourth-order valence-corrected chi connectivity index (χ4v) is 3.20. The Morgan fingerprint density at radius 3 is 2.86 bits per heavy atom. The molecule has 0 radical (unpaired) electrons. The van der Waals surface area contributed by atoms with Gasteiger partial charge in [-0.05, 0) is 25.2 Å². The molecule has 4 rings (SSSR count). The van der Waals surface area contributed by atoms with E-state index in [0.29, 0.717) is 6.04 Å². The van der Waals surface area contributed by atoms with E-state index in [4.69, 9.17) is 4.74 Å². The summed E-state index contributed by atoms with van der Waals surface area (Å²) < 4.78 is 5.67. The normalized spacial score (nSPS) is 50.1. The molecule has 1 aliphatic carbocycles. The molecular formula is C10H17N3O. The number of fused-ring (bicyclic) bond motifs is 2. The van der Waals surface area contributed by atoms with Crippen molar-refractivity contribution in [2.45, 2.75) is 50.9 Å². The lowest BCUT2D eigenvalue weighted by atomic mass is 9.65. The third kappa shape index (κ3) is 1.06. The minimum atomic E-state index is 0.0569. The molecule has 3 aliphatic heterocycles. The summed E-state index contributed by atoms with van der Waals surface area (Å²) in [6.45, 7) is 4.22. The van der Waals surface area contributed by atoms with Gasteiger partial charge in [-0.2, -0.15) is 0 Å². The van der Waals surface area contributed by atoms with E-state index in [0.717, 1.165) is 11.8 Å². The van der Waals surface area contributed by atoms with Gasteiger partial charge in [0, 0.05) is 13.0 Å². The molecule has 14 heavy (non-hydrogen) atoms. The first-order valence-electron chi connectivity index (χ1n) is 5.42. The van der Waals surface area contributed by atoms with Gasteiger partial charge in [0.2, 0.25) is 12.1 Å². The van der Waals surface area contributed by atoms with Crippen LogP contribution in [0.5, 0.6) is 0 Å². The van der Waals surface area contributed by atoms with Crippen LogP contribution in [0.4, 0.5) is 0 Å². The predicted octanol–water partition coefficient (Wildman–Crippen LogP) is 0.796. The molecule has 4 heteroatoms. The van der Waals surface area contributed by atoms with E-state index in [1.54, 1.807) is 0 Å². The third-order valence-corrected chi connectivity index (χ3v) is 3.63. The van der Waals surface area contributed by atoms with Gasteiger partial charge in [-0.15, -0.1) is 5.10 Å². The van der Waals surface area contributed by atoms with Crippen LogP contribution in [0.1, 0.15) is 33.1 Å². The van der Waals surface area contributed by atoms with Gasteiger partial charge in [0.05, 0.1) is 5.54 Å². The molecule has 0 aromatic rings. The average molecular weight is 195 g/mol. The number of hydrogen-bond acceptors (Lipinski definition) is 4. The zero-order valence-electron chi connectivity index (χ0n) is 8.71. The summed E-state index contributed by atoms with van der Waals surface area (Å²) >= 11 is 0.